The molecule has 0 aliphatic carbocycles. The SMILES string of the molecule is CC(=O)/C=C\C(=O)CC(CN)C(C)=O. The average Bonchev–Trinajstić information content (AvgIpc) is 2.10. The van der Waals surface area contributed by atoms with Gasteiger partial charge >= 0.3 is 0 Å². The average molecular weight is 197 g/mol. The number of carbonyl (C=O) groups excluding carboxylic acids is 3. The molecule has 4 heteroatoms. The van der Waals surface area contributed by atoms with Gasteiger partial charge in [-0.2, -0.15) is 0 Å². The number of Topliss-reactive ketones (excluding diaryl/α,β-unsaturated/α-hetero) is 1. The molecule has 0 saturated carbocycles. The number of nitrogens with two attached hydrogens (primary N) is 1. The van der Waals surface area contributed by atoms with Crippen molar-refractivity contribution in [1.29, 1.82) is 0 Å². The Kier molecular flexibility index (Phi) is 5.64. The van der Waals surface area contributed by atoms with E-state index >= 15 is 0 Å². The molecule has 0 fully saturated rings. The molecule has 0 aliphatic rings. The molecule has 0 aromatic rings. The minimum Gasteiger partial charge on any atom is -0.330 e. The highest BCUT2D eigenvalue weighted by Crippen LogP contribution is 2.03. The third kappa shape index (κ3) is 5.37. The number of hydrogen-bond donors (Lipinski definition) is 1. The zero-order valence-corrected chi connectivity index (χ0v) is 8.45. The predicted octanol–water partition coefficient (Wildman–Crippen LogP) is 0.255. The van der Waals surface area contributed by atoms with Crippen molar-refractivity contribution in [1.82, 2.24) is 0 Å². The summed E-state index contributed by atoms with van der Waals surface area (Å²) < 4.78 is 0. The number of rotatable bonds is 6. The van der Waals surface area contributed by atoms with Crippen molar-refractivity contribution in [3.8, 4) is 0 Å². The maximum Gasteiger partial charge on any atom is 0.156 e. The summed E-state index contributed by atoms with van der Waals surface area (Å²) in [7, 11) is 0. The molecule has 14 heavy (non-hydrogen) atoms. The second-order valence-electron chi connectivity index (χ2n) is 3.16. The lowest BCUT2D eigenvalue weighted by molar-refractivity contribution is -0.124. The first-order chi connectivity index (χ1) is 6.47. The van der Waals surface area contributed by atoms with Crippen molar-refractivity contribution in [2.45, 2.75) is 20.3 Å². The van der Waals surface area contributed by atoms with Gasteiger partial charge in [-0.25, -0.2) is 0 Å². The van der Waals surface area contributed by atoms with Crippen LogP contribution in [-0.4, -0.2) is 23.9 Å². The van der Waals surface area contributed by atoms with Crippen molar-refractivity contribution in [2.75, 3.05) is 6.54 Å². The second-order valence-corrected chi connectivity index (χ2v) is 3.16. The fraction of sp³-hybridized carbons (Fsp3) is 0.500. The molecular formula is C10H15NO3. The van der Waals surface area contributed by atoms with Gasteiger partial charge in [0.2, 0.25) is 0 Å². The van der Waals surface area contributed by atoms with Crippen LogP contribution in [0.25, 0.3) is 0 Å². The van der Waals surface area contributed by atoms with E-state index in [0.29, 0.717) is 0 Å². The molecule has 0 aliphatic heterocycles. The number of allylic oxidation sites excluding steroid dienone is 2. The first-order valence-corrected chi connectivity index (χ1v) is 4.39. The minimum atomic E-state index is -0.431. The maximum absolute atomic E-state index is 11.2. The quantitative estimate of drug-likeness (QED) is 0.619. The van der Waals surface area contributed by atoms with E-state index in [4.69, 9.17) is 5.73 Å². The van der Waals surface area contributed by atoms with Crippen LogP contribution in [0.5, 0.6) is 0 Å². The normalized spacial score (nSPS) is 12.8. The van der Waals surface area contributed by atoms with Gasteiger partial charge in [-0.05, 0) is 26.0 Å². The van der Waals surface area contributed by atoms with Gasteiger partial charge in [-0.1, -0.05) is 0 Å². The van der Waals surface area contributed by atoms with Crippen LogP contribution in [-0.2, 0) is 14.4 Å². The Morgan fingerprint density at radius 1 is 1.21 bits per heavy atom. The van der Waals surface area contributed by atoms with E-state index in [1.807, 2.05) is 0 Å². The van der Waals surface area contributed by atoms with Crippen molar-refractivity contribution < 1.29 is 14.4 Å². The van der Waals surface area contributed by atoms with E-state index < -0.39 is 5.92 Å². The molecule has 1 atom stereocenters. The molecule has 78 valence electrons. The van der Waals surface area contributed by atoms with Crippen molar-refractivity contribution in [3.05, 3.63) is 12.2 Å². The molecule has 0 aromatic heterocycles. The monoisotopic (exact) mass is 197 g/mol. The summed E-state index contributed by atoms with van der Waals surface area (Å²) >= 11 is 0. The fourth-order valence-corrected chi connectivity index (χ4v) is 0.914. The van der Waals surface area contributed by atoms with E-state index in [1.165, 1.54) is 26.0 Å². The van der Waals surface area contributed by atoms with Gasteiger partial charge in [-0.15, -0.1) is 0 Å². The molecule has 4 nitrogen and oxygen atoms in total. The van der Waals surface area contributed by atoms with E-state index in [2.05, 4.69) is 0 Å². The Labute approximate surface area is 83.2 Å². The van der Waals surface area contributed by atoms with Crippen LogP contribution in [0.4, 0.5) is 0 Å². The highest BCUT2D eigenvalue weighted by molar-refractivity contribution is 5.99. The van der Waals surface area contributed by atoms with Crippen LogP contribution < -0.4 is 5.73 Å². The second kappa shape index (κ2) is 6.21. The van der Waals surface area contributed by atoms with Crippen molar-refractivity contribution in [3.63, 3.8) is 0 Å². The summed E-state index contributed by atoms with van der Waals surface area (Å²) in [4.78, 5) is 32.6. The molecule has 1 unspecified atom stereocenters. The predicted molar refractivity (Wildman–Crippen MR) is 52.7 cm³/mol. The number of carbonyl (C=O) groups is 3. The van der Waals surface area contributed by atoms with Crippen LogP contribution >= 0.6 is 0 Å². The third-order valence-corrected chi connectivity index (χ3v) is 1.81. The molecule has 2 N–H and O–H groups in total. The zero-order valence-electron chi connectivity index (χ0n) is 8.45. The highest BCUT2D eigenvalue weighted by atomic mass is 16.1. The van der Waals surface area contributed by atoms with E-state index in [1.54, 1.807) is 0 Å². The zero-order chi connectivity index (χ0) is 11.1. The van der Waals surface area contributed by atoms with Crippen LogP contribution in [0.3, 0.4) is 0 Å². The lowest BCUT2D eigenvalue weighted by Gasteiger charge is -2.07. The molecule has 0 bridgehead atoms. The molecule has 0 spiro atoms. The Morgan fingerprint density at radius 3 is 2.14 bits per heavy atom. The molecule has 0 amide bonds. The summed E-state index contributed by atoms with van der Waals surface area (Å²) in [5.41, 5.74) is 5.31. The van der Waals surface area contributed by atoms with Gasteiger partial charge in [0.15, 0.2) is 11.6 Å². The van der Waals surface area contributed by atoms with Crippen LogP contribution in [0.1, 0.15) is 20.3 Å². The summed E-state index contributed by atoms with van der Waals surface area (Å²) in [6.45, 7) is 2.92. The summed E-state index contributed by atoms with van der Waals surface area (Å²) in [5, 5.41) is 0. The smallest absolute Gasteiger partial charge is 0.156 e. The Bertz CT molecular complexity index is 269. The Hall–Kier alpha value is -1.29. The molecule has 0 heterocycles. The van der Waals surface area contributed by atoms with Crippen LogP contribution in [0.15, 0.2) is 12.2 Å². The van der Waals surface area contributed by atoms with E-state index in [0.717, 1.165) is 0 Å². The van der Waals surface area contributed by atoms with Gasteiger partial charge in [0.05, 0.1) is 0 Å². The van der Waals surface area contributed by atoms with Gasteiger partial charge in [0, 0.05) is 18.9 Å². The molecule has 0 radical (unpaired) electrons. The Balaban J connectivity index is 4.17. The fourth-order valence-electron chi connectivity index (χ4n) is 0.914. The van der Waals surface area contributed by atoms with E-state index in [9.17, 15) is 14.4 Å². The maximum atomic E-state index is 11.2. The summed E-state index contributed by atoms with van der Waals surface area (Å²) in [6, 6.07) is 0. The van der Waals surface area contributed by atoms with Crippen molar-refractivity contribution in [2.24, 2.45) is 11.7 Å². The first-order valence-electron chi connectivity index (χ1n) is 4.39. The molecular weight excluding hydrogens is 182 g/mol. The standard InChI is InChI=1S/C10H15NO3/c1-7(12)3-4-10(14)5-9(6-11)8(2)13/h3-4,9H,5-6,11H2,1-2H3/b4-3-. The minimum absolute atomic E-state index is 0.0790. The summed E-state index contributed by atoms with van der Waals surface area (Å²) in [6.07, 6.45) is 2.46. The van der Waals surface area contributed by atoms with Gasteiger partial charge in [0.25, 0.3) is 0 Å². The third-order valence-electron chi connectivity index (χ3n) is 1.81. The number of ketones is 3. The lowest BCUT2D eigenvalue weighted by Crippen LogP contribution is -2.23. The summed E-state index contributed by atoms with van der Waals surface area (Å²) in [5.74, 6) is -0.965. The topological polar surface area (TPSA) is 77.2 Å². The van der Waals surface area contributed by atoms with Crippen LogP contribution in [0, 0.1) is 5.92 Å². The van der Waals surface area contributed by atoms with Crippen LogP contribution in [0.2, 0.25) is 0 Å². The molecule has 0 rings (SSSR count). The van der Waals surface area contributed by atoms with Gasteiger partial charge < -0.3 is 5.73 Å². The first kappa shape index (κ1) is 12.7. The number of hydrogen-bond acceptors (Lipinski definition) is 4. The van der Waals surface area contributed by atoms with Gasteiger partial charge in [-0.3, -0.25) is 14.4 Å². The van der Waals surface area contributed by atoms with Gasteiger partial charge in [0.1, 0.15) is 5.78 Å². The van der Waals surface area contributed by atoms with Crippen molar-refractivity contribution >= 4 is 17.3 Å². The largest absolute Gasteiger partial charge is 0.330 e. The molecule has 0 saturated heterocycles. The Morgan fingerprint density at radius 2 is 1.79 bits per heavy atom. The van der Waals surface area contributed by atoms with E-state index in [-0.39, 0.29) is 30.3 Å². The highest BCUT2D eigenvalue weighted by Gasteiger charge is 2.14. The molecule has 0 aromatic carbocycles. The lowest BCUT2D eigenvalue weighted by atomic mass is 9.98.